The number of methoxy groups -OCH3 is 1. The zero-order valence-corrected chi connectivity index (χ0v) is 11.4. The van der Waals surface area contributed by atoms with Gasteiger partial charge in [-0.2, -0.15) is 0 Å². The maximum Gasteiger partial charge on any atom is 0.246 e. The molecule has 0 radical (unpaired) electrons. The Morgan fingerprint density at radius 2 is 1.83 bits per heavy atom. The standard InChI is InChI=1S/C14H21NO3/c1-10(2)18-9-14(16)15-11(3)12-5-7-13(17-4)8-6-12/h5-8,10-11H,9H2,1-4H3,(H,15,16)/t11-/m0/s1. The van der Waals surface area contributed by atoms with E-state index in [-0.39, 0.29) is 24.7 Å². The second-order valence-electron chi connectivity index (χ2n) is 4.42. The number of hydrogen-bond acceptors (Lipinski definition) is 3. The van der Waals surface area contributed by atoms with Gasteiger partial charge in [0.1, 0.15) is 12.4 Å². The van der Waals surface area contributed by atoms with E-state index in [4.69, 9.17) is 9.47 Å². The number of rotatable bonds is 6. The Bertz CT molecular complexity index is 373. The molecule has 0 saturated heterocycles. The first-order valence-electron chi connectivity index (χ1n) is 6.08. The third-order valence-electron chi connectivity index (χ3n) is 2.54. The largest absolute Gasteiger partial charge is 0.497 e. The van der Waals surface area contributed by atoms with Gasteiger partial charge in [0.25, 0.3) is 0 Å². The first-order valence-corrected chi connectivity index (χ1v) is 6.08. The van der Waals surface area contributed by atoms with E-state index in [1.54, 1.807) is 7.11 Å². The van der Waals surface area contributed by atoms with E-state index in [2.05, 4.69) is 5.32 Å². The summed E-state index contributed by atoms with van der Waals surface area (Å²) >= 11 is 0. The average Bonchev–Trinajstić information content (AvgIpc) is 2.36. The molecule has 0 spiro atoms. The predicted molar refractivity (Wildman–Crippen MR) is 70.6 cm³/mol. The number of ether oxygens (including phenoxy) is 2. The van der Waals surface area contributed by atoms with Gasteiger partial charge in [-0.1, -0.05) is 12.1 Å². The third kappa shape index (κ3) is 4.75. The maximum absolute atomic E-state index is 11.6. The Balaban J connectivity index is 2.48. The molecule has 0 aliphatic carbocycles. The summed E-state index contributed by atoms with van der Waals surface area (Å²) in [5, 5.41) is 2.88. The van der Waals surface area contributed by atoms with Crippen molar-refractivity contribution in [2.45, 2.75) is 32.9 Å². The van der Waals surface area contributed by atoms with Gasteiger partial charge in [0.15, 0.2) is 0 Å². The molecule has 1 aromatic rings. The summed E-state index contributed by atoms with van der Waals surface area (Å²) in [4.78, 5) is 11.6. The highest BCUT2D eigenvalue weighted by Crippen LogP contribution is 2.17. The van der Waals surface area contributed by atoms with Crippen LogP contribution in [-0.2, 0) is 9.53 Å². The number of carbonyl (C=O) groups is 1. The summed E-state index contributed by atoms with van der Waals surface area (Å²) in [6, 6.07) is 7.59. The topological polar surface area (TPSA) is 47.6 Å². The molecule has 4 nitrogen and oxygen atoms in total. The predicted octanol–water partition coefficient (Wildman–Crippen LogP) is 2.30. The number of benzene rings is 1. The van der Waals surface area contributed by atoms with E-state index in [1.165, 1.54) is 0 Å². The normalized spacial score (nSPS) is 12.3. The van der Waals surface area contributed by atoms with E-state index in [9.17, 15) is 4.79 Å². The van der Waals surface area contributed by atoms with E-state index < -0.39 is 0 Å². The minimum absolute atomic E-state index is 0.0424. The lowest BCUT2D eigenvalue weighted by Crippen LogP contribution is -2.31. The van der Waals surface area contributed by atoms with Crippen LogP contribution < -0.4 is 10.1 Å². The number of amides is 1. The van der Waals surface area contributed by atoms with Crippen molar-refractivity contribution in [2.24, 2.45) is 0 Å². The highest BCUT2D eigenvalue weighted by Gasteiger charge is 2.10. The van der Waals surface area contributed by atoms with Gasteiger partial charge in [0, 0.05) is 0 Å². The van der Waals surface area contributed by atoms with E-state index in [1.807, 2.05) is 45.0 Å². The zero-order chi connectivity index (χ0) is 13.5. The van der Waals surface area contributed by atoms with Gasteiger partial charge < -0.3 is 14.8 Å². The fraction of sp³-hybridized carbons (Fsp3) is 0.500. The lowest BCUT2D eigenvalue weighted by molar-refractivity contribution is -0.127. The van der Waals surface area contributed by atoms with Gasteiger partial charge in [-0.25, -0.2) is 0 Å². The van der Waals surface area contributed by atoms with Crippen LogP contribution in [0.2, 0.25) is 0 Å². The molecular weight excluding hydrogens is 230 g/mol. The molecule has 1 amide bonds. The second kappa shape index (κ2) is 7.01. The summed E-state index contributed by atoms with van der Waals surface area (Å²) in [6.45, 7) is 5.84. The van der Waals surface area contributed by atoms with Crippen molar-refractivity contribution in [3.8, 4) is 5.75 Å². The highest BCUT2D eigenvalue weighted by atomic mass is 16.5. The van der Waals surface area contributed by atoms with Crippen LogP contribution in [0.15, 0.2) is 24.3 Å². The Morgan fingerprint density at radius 1 is 1.22 bits per heavy atom. The summed E-state index contributed by atoms with van der Waals surface area (Å²) in [6.07, 6.45) is 0.0621. The quantitative estimate of drug-likeness (QED) is 0.844. The second-order valence-corrected chi connectivity index (χ2v) is 4.42. The van der Waals surface area contributed by atoms with Gasteiger partial charge in [-0.05, 0) is 38.5 Å². The van der Waals surface area contributed by atoms with Crippen molar-refractivity contribution in [3.63, 3.8) is 0 Å². The van der Waals surface area contributed by atoms with Crippen molar-refractivity contribution >= 4 is 5.91 Å². The monoisotopic (exact) mass is 251 g/mol. The Morgan fingerprint density at radius 3 is 2.33 bits per heavy atom. The van der Waals surface area contributed by atoms with Crippen LogP contribution in [0.3, 0.4) is 0 Å². The van der Waals surface area contributed by atoms with Crippen LogP contribution in [0.5, 0.6) is 5.75 Å². The zero-order valence-electron chi connectivity index (χ0n) is 11.4. The average molecular weight is 251 g/mol. The lowest BCUT2D eigenvalue weighted by atomic mass is 10.1. The van der Waals surface area contributed by atoms with E-state index in [0.717, 1.165) is 11.3 Å². The molecule has 4 heteroatoms. The SMILES string of the molecule is COc1ccc([C@H](C)NC(=O)COC(C)C)cc1. The summed E-state index contributed by atoms with van der Waals surface area (Å²) in [7, 11) is 1.63. The first kappa shape index (κ1) is 14.5. The molecule has 0 aliphatic rings. The molecular formula is C14H21NO3. The number of carbonyl (C=O) groups excluding carboxylic acids is 1. The van der Waals surface area contributed by atoms with Crippen LogP contribution in [0.1, 0.15) is 32.4 Å². The van der Waals surface area contributed by atoms with E-state index in [0.29, 0.717) is 0 Å². The first-order chi connectivity index (χ1) is 8.52. The van der Waals surface area contributed by atoms with Crippen molar-refractivity contribution in [1.29, 1.82) is 0 Å². The Hall–Kier alpha value is -1.55. The summed E-state index contributed by atoms with van der Waals surface area (Å²) in [5.74, 6) is 0.701. The lowest BCUT2D eigenvalue weighted by Gasteiger charge is -2.15. The number of hydrogen-bond donors (Lipinski definition) is 1. The fourth-order valence-corrected chi connectivity index (χ4v) is 1.50. The van der Waals surface area contributed by atoms with Crippen molar-refractivity contribution < 1.29 is 14.3 Å². The van der Waals surface area contributed by atoms with Gasteiger partial charge in [-0.3, -0.25) is 4.79 Å². The molecule has 0 bridgehead atoms. The minimum atomic E-state index is -0.105. The molecule has 0 saturated carbocycles. The van der Waals surface area contributed by atoms with Crippen LogP contribution in [-0.4, -0.2) is 25.7 Å². The van der Waals surface area contributed by atoms with E-state index >= 15 is 0 Å². The highest BCUT2D eigenvalue weighted by molar-refractivity contribution is 5.77. The maximum atomic E-state index is 11.6. The minimum Gasteiger partial charge on any atom is -0.497 e. The van der Waals surface area contributed by atoms with Crippen LogP contribution in [0.4, 0.5) is 0 Å². The van der Waals surface area contributed by atoms with Gasteiger partial charge in [0.2, 0.25) is 5.91 Å². The molecule has 0 fully saturated rings. The molecule has 1 aromatic carbocycles. The molecule has 0 unspecified atom stereocenters. The number of nitrogens with one attached hydrogen (secondary N) is 1. The van der Waals surface area contributed by atoms with Crippen molar-refractivity contribution in [2.75, 3.05) is 13.7 Å². The van der Waals surface area contributed by atoms with Crippen LogP contribution in [0, 0.1) is 0 Å². The van der Waals surface area contributed by atoms with Crippen LogP contribution >= 0.6 is 0 Å². The van der Waals surface area contributed by atoms with Gasteiger partial charge >= 0.3 is 0 Å². The van der Waals surface area contributed by atoms with Gasteiger partial charge in [-0.15, -0.1) is 0 Å². The van der Waals surface area contributed by atoms with Gasteiger partial charge in [0.05, 0.1) is 19.3 Å². The smallest absolute Gasteiger partial charge is 0.246 e. The van der Waals surface area contributed by atoms with Crippen LogP contribution in [0.25, 0.3) is 0 Å². The molecule has 1 N–H and O–H groups in total. The van der Waals surface area contributed by atoms with Crippen molar-refractivity contribution in [3.05, 3.63) is 29.8 Å². The Labute approximate surface area is 108 Å². The third-order valence-corrected chi connectivity index (χ3v) is 2.54. The molecule has 0 heterocycles. The molecule has 1 atom stereocenters. The van der Waals surface area contributed by atoms with Crippen molar-refractivity contribution in [1.82, 2.24) is 5.32 Å². The molecule has 0 aromatic heterocycles. The summed E-state index contributed by atoms with van der Waals surface area (Å²) in [5.41, 5.74) is 1.04. The molecule has 0 aliphatic heterocycles. The summed E-state index contributed by atoms with van der Waals surface area (Å²) < 4.78 is 10.3. The fourth-order valence-electron chi connectivity index (χ4n) is 1.50. The molecule has 1 rings (SSSR count). The Kier molecular flexibility index (Phi) is 5.65. The molecule has 18 heavy (non-hydrogen) atoms. The molecule has 100 valence electrons.